The van der Waals surface area contributed by atoms with E-state index in [1.807, 2.05) is 25.3 Å². The second-order valence-corrected chi connectivity index (χ2v) is 6.83. The van der Waals surface area contributed by atoms with Crippen molar-refractivity contribution in [2.24, 2.45) is 5.92 Å². The Kier molecular flexibility index (Phi) is 4.83. The number of carboxylic acid groups (broad SMARTS) is 1. The molecule has 1 aromatic heterocycles. The minimum absolute atomic E-state index is 0.318. The Morgan fingerprint density at radius 2 is 2.29 bits per heavy atom. The van der Waals surface area contributed by atoms with Crippen molar-refractivity contribution in [3.05, 3.63) is 28.0 Å². The van der Waals surface area contributed by atoms with Crippen molar-refractivity contribution in [1.82, 2.24) is 5.32 Å². The van der Waals surface area contributed by atoms with E-state index in [4.69, 9.17) is 0 Å². The zero-order valence-corrected chi connectivity index (χ0v) is 13.2. The van der Waals surface area contributed by atoms with Crippen molar-refractivity contribution in [3.8, 4) is 0 Å². The van der Waals surface area contributed by atoms with Crippen LogP contribution in [0, 0.1) is 12.8 Å². The predicted octanol–water partition coefficient (Wildman–Crippen LogP) is 3.22. The molecular formula is C16H21NO3S. The van der Waals surface area contributed by atoms with E-state index in [0.717, 1.165) is 23.3 Å². The van der Waals surface area contributed by atoms with Crippen LogP contribution in [-0.2, 0) is 9.59 Å². The van der Waals surface area contributed by atoms with Crippen LogP contribution in [0.5, 0.6) is 0 Å². The summed E-state index contributed by atoms with van der Waals surface area (Å²) in [7, 11) is 0. The Labute approximate surface area is 128 Å². The quantitative estimate of drug-likeness (QED) is 0.839. The highest BCUT2D eigenvalue weighted by molar-refractivity contribution is 7.11. The van der Waals surface area contributed by atoms with Gasteiger partial charge in [0.15, 0.2) is 0 Å². The minimum atomic E-state index is -1.11. The van der Waals surface area contributed by atoms with E-state index >= 15 is 0 Å². The summed E-state index contributed by atoms with van der Waals surface area (Å²) in [6.45, 7) is 4.02. The second-order valence-electron chi connectivity index (χ2n) is 5.88. The average molecular weight is 307 g/mol. The number of carbonyl (C=O) groups is 2. The van der Waals surface area contributed by atoms with Crippen LogP contribution in [0.25, 0.3) is 6.08 Å². The fourth-order valence-corrected chi connectivity index (χ4v) is 3.72. The molecule has 0 spiro atoms. The first kappa shape index (κ1) is 15.8. The van der Waals surface area contributed by atoms with Gasteiger partial charge in [0.1, 0.15) is 5.54 Å². The molecule has 1 amide bonds. The number of nitrogens with one attached hydrogen (secondary N) is 1. The molecule has 2 N–H and O–H groups in total. The SMILES string of the molecule is Cc1ccsc1C=CC(=O)NC1(C(=O)O)CCCC(C)C1. The average Bonchev–Trinajstić information content (AvgIpc) is 2.82. The molecular weight excluding hydrogens is 286 g/mol. The molecule has 0 radical (unpaired) electrons. The van der Waals surface area contributed by atoms with Gasteiger partial charge < -0.3 is 10.4 Å². The topological polar surface area (TPSA) is 66.4 Å². The first-order valence-corrected chi connectivity index (χ1v) is 8.08. The van der Waals surface area contributed by atoms with Crippen LogP contribution in [0.4, 0.5) is 0 Å². The number of aliphatic carboxylic acids is 1. The molecule has 0 bridgehead atoms. The van der Waals surface area contributed by atoms with Gasteiger partial charge >= 0.3 is 5.97 Å². The molecule has 1 aromatic rings. The number of hydrogen-bond donors (Lipinski definition) is 2. The van der Waals surface area contributed by atoms with Crippen molar-refractivity contribution < 1.29 is 14.7 Å². The minimum Gasteiger partial charge on any atom is -0.480 e. The Hall–Kier alpha value is -1.62. The van der Waals surface area contributed by atoms with E-state index in [1.54, 1.807) is 17.4 Å². The Morgan fingerprint density at radius 3 is 2.86 bits per heavy atom. The maximum absolute atomic E-state index is 12.1. The predicted molar refractivity (Wildman–Crippen MR) is 84.2 cm³/mol. The summed E-state index contributed by atoms with van der Waals surface area (Å²) in [5, 5.41) is 14.2. The smallest absolute Gasteiger partial charge is 0.329 e. The fourth-order valence-electron chi connectivity index (χ4n) is 2.90. The number of aryl methyl sites for hydroxylation is 1. The van der Waals surface area contributed by atoms with Gasteiger partial charge in [-0.3, -0.25) is 4.79 Å². The Morgan fingerprint density at radius 1 is 1.52 bits per heavy atom. The van der Waals surface area contributed by atoms with Gasteiger partial charge in [0, 0.05) is 11.0 Å². The highest BCUT2D eigenvalue weighted by Gasteiger charge is 2.42. The summed E-state index contributed by atoms with van der Waals surface area (Å²) in [4.78, 5) is 24.7. The third kappa shape index (κ3) is 3.73. The fraction of sp³-hybridized carbons (Fsp3) is 0.500. The molecule has 2 atom stereocenters. The van der Waals surface area contributed by atoms with Gasteiger partial charge in [0.2, 0.25) is 5.91 Å². The third-order valence-corrected chi connectivity index (χ3v) is 5.04. The normalized spacial score (nSPS) is 25.9. The summed E-state index contributed by atoms with van der Waals surface area (Å²) < 4.78 is 0. The van der Waals surface area contributed by atoms with E-state index in [1.165, 1.54) is 6.08 Å². The summed E-state index contributed by atoms with van der Waals surface area (Å²) >= 11 is 1.56. The monoisotopic (exact) mass is 307 g/mol. The first-order chi connectivity index (χ1) is 9.93. The molecule has 0 aliphatic heterocycles. The lowest BCUT2D eigenvalue weighted by atomic mass is 9.76. The van der Waals surface area contributed by atoms with Crippen LogP contribution in [0.15, 0.2) is 17.5 Å². The van der Waals surface area contributed by atoms with Crippen molar-refractivity contribution >= 4 is 29.3 Å². The number of carboxylic acids is 1. The highest BCUT2D eigenvalue weighted by Crippen LogP contribution is 2.32. The summed E-state index contributed by atoms with van der Waals surface area (Å²) in [5.74, 6) is -0.943. The molecule has 1 fully saturated rings. The van der Waals surface area contributed by atoms with Gasteiger partial charge in [-0.25, -0.2) is 4.79 Å². The van der Waals surface area contributed by atoms with Crippen LogP contribution >= 0.6 is 11.3 Å². The first-order valence-electron chi connectivity index (χ1n) is 7.21. The van der Waals surface area contributed by atoms with E-state index in [-0.39, 0.29) is 5.91 Å². The van der Waals surface area contributed by atoms with Crippen molar-refractivity contribution in [3.63, 3.8) is 0 Å². The molecule has 1 heterocycles. The van der Waals surface area contributed by atoms with Crippen molar-refractivity contribution in [2.75, 3.05) is 0 Å². The van der Waals surface area contributed by atoms with Crippen LogP contribution < -0.4 is 5.32 Å². The Balaban J connectivity index is 2.07. The van der Waals surface area contributed by atoms with Gasteiger partial charge in [-0.05, 0) is 48.8 Å². The van der Waals surface area contributed by atoms with E-state index < -0.39 is 11.5 Å². The van der Waals surface area contributed by atoms with Gasteiger partial charge in [-0.15, -0.1) is 11.3 Å². The molecule has 1 aliphatic carbocycles. The number of rotatable bonds is 4. The molecule has 5 heteroatoms. The molecule has 0 saturated heterocycles. The lowest BCUT2D eigenvalue weighted by molar-refractivity contribution is -0.149. The summed E-state index contributed by atoms with van der Waals surface area (Å²) in [5.41, 5.74) is 0.00660. The lowest BCUT2D eigenvalue weighted by Crippen LogP contribution is -2.56. The molecule has 2 rings (SSSR count). The highest BCUT2D eigenvalue weighted by atomic mass is 32.1. The zero-order valence-electron chi connectivity index (χ0n) is 12.4. The number of amides is 1. The molecule has 21 heavy (non-hydrogen) atoms. The maximum atomic E-state index is 12.1. The largest absolute Gasteiger partial charge is 0.480 e. The molecule has 4 nitrogen and oxygen atoms in total. The summed E-state index contributed by atoms with van der Waals surface area (Å²) in [6, 6.07) is 1.99. The van der Waals surface area contributed by atoms with Gasteiger partial charge in [0.05, 0.1) is 0 Å². The third-order valence-electron chi connectivity index (χ3n) is 4.06. The van der Waals surface area contributed by atoms with Crippen LogP contribution in [0.3, 0.4) is 0 Å². The van der Waals surface area contributed by atoms with Crippen LogP contribution in [0.1, 0.15) is 43.0 Å². The summed E-state index contributed by atoms with van der Waals surface area (Å²) in [6.07, 6.45) is 6.04. The van der Waals surface area contributed by atoms with Gasteiger partial charge in [0.25, 0.3) is 0 Å². The number of carbonyl (C=O) groups excluding carboxylic acids is 1. The van der Waals surface area contributed by atoms with Crippen LogP contribution in [0.2, 0.25) is 0 Å². The molecule has 1 saturated carbocycles. The van der Waals surface area contributed by atoms with Crippen molar-refractivity contribution in [1.29, 1.82) is 0 Å². The Bertz CT molecular complexity index is 564. The number of thiophene rings is 1. The van der Waals surface area contributed by atoms with E-state index in [9.17, 15) is 14.7 Å². The maximum Gasteiger partial charge on any atom is 0.329 e. The number of hydrogen-bond acceptors (Lipinski definition) is 3. The molecule has 0 aromatic carbocycles. The van der Waals surface area contributed by atoms with E-state index in [0.29, 0.717) is 18.8 Å². The lowest BCUT2D eigenvalue weighted by Gasteiger charge is -2.36. The molecule has 114 valence electrons. The molecule has 2 unspecified atom stereocenters. The van der Waals surface area contributed by atoms with E-state index in [2.05, 4.69) is 5.32 Å². The van der Waals surface area contributed by atoms with Gasteiger partial charge in [-0.1, -0.05) is 19.8 Å². The van der Waals surface area contributed by atoms with Gasteiger partial charge in [-0.2, -0.15) is 0 Å². The molecule has 1 aliphatic rings. The van der Waals surface area contributed by atoms with Crippen LogP contribution in [-0.4, -0.2) is 22.5 Å². The second kappa shape index (κ2) is 6.43. The standard InChI is InChI=1S/C16H21NO3S/c1-11-4-3-8-16(10-11,15(19)20)17-14(18)6-5-13-12(2)7-9-21-13/h5-7,9,11H,3-4,8,10H2,1-2H3,(H,17,18)(H,19,20). The zero-order chi connectivity index (χ0) is 15.5. The van der Waals surface area contributed by atoms with Crippen molar-refractivity contribution in [2.45, 2.75) is 45.1 Å².